The summed E-state index contributed by atoms with van der Waals surface area (Å²) in [6, 6.07) is 12.3. The maximum atomic E-state index is 14.0. The fourth-order valence-corrected chi connectivity index (χ4v) is 3.30. The Labute approximate surface area is 196 Å². The standard InChI is InChI=1S/C25H25F2N3O4/c1-14(16-8-10-22(33-3)18(26)12-16)28-24(31)20-6-5-7-21(30-20)25(32)29-15(2)17-9-11-23(34-4)19(27)13-17/h5-15H,1-4H3,(H,28,31)(H,29,32). The molecule has 0 radical (unpaired) electrons. The van der Waals surface area contributed by atoms with Crippen LogP contribution in [-0.2, 0) is 0 Å². The second-order valence-electron chi connectivity index (χ2n) is 7.59. The first-order chi connectivity index (χ1) is 16.2. The summed E-state index contributed by atoms with van der Waals surface area (Å²) in [4.78, 5) is 29.5. The number of rotatable bonds is 8. The molecule has 0 fully saturated rings. The van der Waals surface area contributed by atoms with E-state index in [2.05, 4.69) is 15.6 Å². The molecule has 34 heavy (non-hydrogen) atoms. The molecule has 3 aromatic rings. The molecule has 0 aliphatic rings. The second kappa shape index (κ2) is 10.7. The number of methoxy groups -OCH3 is 2. The normalized spacial score (nSPS) is 12.4. The Balaban J connectivity index is 1.68. The van der Waals surface area contributed by atoms with Crippen molar-refractivity contribution in [3.63, 3.8) is 0 Å². The molecular formula is C25H25F2N3O4. The molecule has 2 unspecified atom stereocenters. The van der Waals surface area contributed by atoms with Crippen LogP contribution in [-0.4, -0.2) is 31.0 Å². The highest BCUT2D eigenvalue weighted by molar-refractivity contribution is 5.96. The minimum absolute atomic E-state index is 0.0247. The Morgan fingerprint density at radius 1 is 0.765 bits per heavy atom. The molecule has 0 saturated heterocycles. The predicted octanol–water partition coefficient (Wildman–Crippen LogP) is 4.36. The van der Waals surface area contributed by atoms with Gasteiger partial charge in [0.1, 0.15) is 11.4 Å². The van der Waals surface area contributed by atoms with E-state index < -0.39 is 35.5 Å². The molecule has 1 aromatic heterocycles. The van der Waals surface area contributed by atoms with E-state index in [1.807, 2.05) is 0 Å². The highest BCUT2D eigenvalue weighted by Gasteiger charge is 2.18. The second-order valence-corrected chi connectivity index (χ2v) is 7.59. The van der Waals surface area contributed by atoms with E-state index in [9.17, 15) is 18.4 Å². The van der Waals surface area contributed by atoms with E-state index in [0.29, 0.717) is 11.1 Å². The van der Waals surface area contributed by atoms with Gasteiger partial charge >= 0.3 is 0 Å². The number of nitrogens with one attached hydrogen (secondary N) is 2. The van der Waals surface area contributed by atoms with Gasteiger partial charge < -0.3 is 20.1 Å². The molecular weight excluding hydrogens is 444 g/mol. The molecule has 0 aliphatic heterocycles. The number of hydrogen-bond acceptors (Lipinski definition) is 5. The van der Waals surface area contributed by atoms with Crippen LogP contribution in [0.5, 0.6) is 11.5 Å². The van der Waals surface area contributed by atoms with E-state index in [0.717, 1.165) is 0 Å². The first-order valence-corrected chi connectivity index (χ1v) is 10.5. The van der Waals surface area contributed by atoms with Gasteiger partial charge in [0.2, 0.25) is 0 Å². The van der Waals surface area contributed by atoms with Crippen molar-refractivity contribution in [3.8, 4) is 11.5 Å². The van der Waals surface area contributed by atoms with Crippen LogP contribution in [0.1, 0.15) is 58.0 Å². The van der Waals surface area contributed by atoms with Gasteiger partial charge in [0.25, 0.3) is 11.8 Å². The fraction of sp³-hybridized carbons (Fsp3) is 0.240. The first-order valence-electron chi connectivity index (χ1n) is 10.5. The Bertz CT molecular complexity index is 1110. The first kappa shape index (κ1) is 24.6. The topological polar surface area (TPSA) is 89.5 Å². The molecule has 2 aromatic carbocycles. The summed E-state index contributed by atoms with van der Waals surface area (Å²) in [5.41, 5.74) is 1.13. The molecule has 2 N–H and O–H groups in total. The Hall–Kier alpha value is -4.01. The highest BCUT2D eigenvalue weighted by Crippen LogP contribution is 2.23. The summed E-state index contributed by atoms with van der Waals surface area (Å²) in [7, 11) is 2.74. The lowest BCUT2D eigenvalue weighted by atomic mass is 10.1. The van der Waals surface area contributed by atoms with Gasteiger partial charge in [0.15, 0.2) is 23.1 Å². The van der Waals surface area contributed by atoms with Crippen LogP contribution in [0.25, 0.3) is 0 Å². The Morgan fingerprint density at radius 2 is 1.18 bits per heavy atom. The molecule has 0 aliphatic carbocycles. The Kier molecular flexibility index (Phi) is 7.78. The lowest BCUT2D eigenvalue weighted by molar-refractivity contribution is 0.0930. The molecule has 0 bridgehead atoms. The Morgan fingerprint density at radius 3 is 1.53 bits per heavy atom. The van der Waals surface area contributed by atoms with Gasteiger partial charge in [-0.3, -0.25) is 9.59 Å². The van der Waals surface area contributed by atoms with Crippen LogP contribution in [0.3, 0.4) is 0 Å². The van der Waals surface area contributed by atoms with Crippen molar-refractivity contribution < 1.29 is 27.8 Å². The summed E-state index contributed by atoms with van der Waals surface area (Å²) in [6.45, 7) is 3.40. The summed E-state index contributed by atoms with van der Waals surface area (Å²) in [5.74, 6) is -1.91. The number of aromatic nitrogens is 1. The zero-order valence-electron chi connectivity index (χ0n) is 19.2. The van der Waals surface area contributed by atoms with Crippen molar-refractivity contribution in [3.05, 3.63) is 88.7 Å². The average Bonchev–Trinajstić information content (AvgIpc) is 2.83. The molecule has 7 nitrogen and oxygen atoms in total. The third kappa shape index (κ3) is 5.67. The SMILES string of the molecule is COc1ccc(C(C)NC(=O)c2cccc(C(=O)NC(C)c3ccc(OC)c(F)c3)n2)cc1F. The van der Waals surface area contributed by atoms with E-state index in [4.69, 9.17) is 9.47 Å². The zero-order valence-corrected chi connectivity index (χ0v) is 19.2. The van der Waals surface area contributed by atoms with Gasteiger partial charge in [-0.25, -0.2) is 13.8 Å². The molecule has 178 valence electrons. The van der Waals surface area contributed by atoms with Crippen molar-refractivity contribution in [2.24, 2.45) is 0 Å². The van der Waals surface area contributed by atoms with Crippen molar-refractivity contribution >= 4 is 11.8 Å². The van der Waals surface area contributed by atoms with Gasteiger partial charge in [0, 0.05) is 0 Å². The molecule has 0 spiro atoms. The molecule has 9 heteroatoms. The van der Waals surface area contributed by atoms with E-state index in [1.165, 1.54) is 56.7 Å². The number of amides is 2. The molecule has 1 heterocycles. The molecule has 2 atom stereocenters. The largest absolute Gasteiger partial charge is 0.494 e. The monoisotopic (exact) mass is 469 g/mol. The van der Waals surface area contributed by atoms with Crippen LogP contribution in [0.2, 0.25) is 0 Å². The number of halogens is 2. The predicted molar refractivity (Wildman–Crippen MR) is 122 cm³/mol. The van der Waals surface area contributed by atoms with Crippen LogP contribution in [0.4, 0.5) is 8.78 Å². The summed E-state index contributed by atoms with van der Waals surface area (Å²) >= 11 is 0. The van der Waals surface area contributed by atoms with Crippen molar-refractivity contribution in [1.29, 1.82) is 0 Å². The smallest absolute Gasteiger partial charge is 0.270 e. The van der Waals surface area contributed by atoms with Crippen LogP contribution in [0.15, 0.2) is 54.6 Å². The van der Waals surface area contributed by atoms with E-state index in [1.54, 1.807) is 26.0 Å². The van der Waals surface area contributed by atoms with Gasteiger partial charge in [0.05, 0.1) is 26.3 Å². The highest BCUT2D eigenvalue weighted by atomic mass is 19.1. The number of carbonyl (C=O) groups is 2. The summed E-state index contributed by atoms with van der Waals surface area (Å²) < 4.78 is 37.8. The summed E-state index contributed by atoms with van der Waals surface area (Å²) in [6.07, 6.45) is 0. The number of nitrogens with zero attached hydrogens (tertiary/aromatic N) is 1. The number of pyridine rings is 1. The zero-order chi connectivity index (χ0) is 24.8. The van der Waals surface area contributed by atoms with Crippen LogP contribution < -0.4 is 20.1 Å². The fourth-order valence-electron chi connectivity index (χ4n) is 3.30. The lowest BCUT2D eigenvalue weighted by Crippen LogP contribution is -2.30. The third-order valence-corrected chi connectivity index (χ3v) is 5.26. The number of carbonyl (C=O) groups excluding carboxylic acids is 2. The number of ether oxygens (including phenoxy) is 2. The quantitative estimate of drug-likeness (QED) is 0.512. The molecule has 2 amide bonds. The third-order valence-electron chi connectivity index (χ3n) is 5.26. The minimum atomic E-state index is -0.538. The van der Waals surface area contributed by atoms with Gasteiger partial charge in [-0.1, -0.05) is 18.2 Å². The summed E-state index contributed by atoms with van der Waals surface area (Å²) in [5, 5.41) is 5.47. The maximum Gasteiger partial charge on any atom is 0.270 e. The molecule has 3 rings (SSSR count). The van der Waals surface area contributed by atoms with Gasteiger partial charge in [-0.05, 0) is 61.4 Å². The number of benzene rings is 2. The maximum absolute atomic E-state index is 14.0. The van der Waals surface area contributed by atoms with Crippen molar-refractivity contribution in [2.75, 3.05) is 14.2 Å². The van der Waals surface area contributed by atoms with Crippen LogP contribution >= 0.6 is 0 Å². The molecule has 0 saturated carbocycles. The van der Waals surface area contributed by atoms with Crippen molar-refractivity contribution in [1.82, 2.24) is 15.6 Å². The van der Waals surface area contributed by atoms with Gasteiger partial charge in [-0.2, -0.15) is 0 Å². The van der Waals surface area contributed by atoms with E-state index in [-0.39, 0.29) is 22.9 Å². The van der Waals surface area contributed by atoms with Gasteiger partial charge in [-0.15, -0.1) is 0 Å². The van der Waals surface area contributed by atoms with Crippen molar-refractivity contribution in [2.45, 2.75) is 25.9 Å². The van der Waals surface area contributed by atoms with Crippen LogP contribution in [0, 0.1) is 11.6 Å². The lowest BCUT2D eigenvalue weighted by Gasteiger charge is -2.16. The average molecular weight is 469 g/mol. The minimum Gasteiger partial charge on any atom is -0.494 e. The van der Waals surface area contributed by atoms with E-state index >= 15 is 0 Å². The number of hydrogen-bond donors (Lipinski definition) is 2.